The maximum absolute atomic E-state index is 12.8. The number of methoxy groups -OCH3 is 1. The summed E-state index contributed by atoms with van der Waals surface area (Å²) in [4.78, 5) is 23.6. The van der Waals surface area contributed by atoms with E-state index >= 15 is 0 Å². The van der Waals surface area contributed by atoms with Crippen molar-refractivity contribution in [2.45, 2.75) is 13.0 Å². The molecule has 0 radical (unpaired) electrons. The Morgan fingerprint density at radius 1 is 1.08 bits per heavy atom. The monoisotopic (exact) mass is 331 g/mol. The lowest BCUT2D eigenvalue weighted by Crippen LogP contribution is -2.31. The summed E-state index contributed by atoms with van der Waals surface area (Å²) in [5.74, 6) is -0.820. The average molecular weight is 331 g/mol. The van der Waals surface area contributed by atoms with Gasteiger partial charge in [0.2, 0.25) is 0 Å². The Hall–Kier alpha value is -2.89. The van der Waals surface area contributed by atoms with Gasteiger partial charge in [-0.2, -0.15) is 0 Å². The molecule has 1 N–H and O–H groups in total. The van der Waals surface area contributed by atoms with Gasteiger partial charge in [-0.05, 0) is 48.9 Å². The number of carbonyl (C=O) groups is 2. The fourth-order valence-electron chi connectivity index (χ4n) is 2.06. The molecule has 0 aromatic heterocycles. The fraction of sp³-hybridized carbons (Fsp3) is 0.222. The second-order valence-corrected chi connectivity index (χ2v) is 5.15. The zero-order chi connectivity index (χ0) is 17.5. The van der Waals surface area contributed by atoms with Gasteiger partial charge in [0, 0.05) is 0 Å². The van der Waals surface area contributed by atoms with E-state index < -0.39 is 24.3 Å². The van der Waals surface area contributed by atoms with E-state index in [0.29, 0.717) is 0 Å². The molecule has 0 fully saturated rings. The Morgan fingerprint density at radius 3 is 2.29 bits per heavy atom. The van der Waals surface area contributed by atoms with Gasteiger partial charge in [-0.1, -0.05) is 12.1 Å². The Morgan fingerprint density at radius 2 is 1.71 bits per heavy atom. The molecule has 0 aliphatic heterocycles. The Kier molecular flexibility index (Phi) is 5.89. The number of benzene rings is 2. The first kappa shape index (κ1) is 17.5. The molecule has 0 heterocycles. The van der Waals surface area contributed by atoms with Gasteiger partial charge in [-0.25, -0.2) is 9.18 Å². The molecule has 126 valence electrons. The minimum atomic E-state index is -0.678. The number of ether oxygens (including phenoxy) is 2. The first-order valence-electron chi connectivity index (χ1n) is 7.35. The molecule has 1 unspecified atom stereocenters. The first-order chi connectivity index (χ1) is 11.5. The maximum Gasteiger partial charge on any atom is 0.338 e. The van der Waals surface area contributed by atoms with Crippen LogP contribution in [0.2, 0.25) is 0 Å². The van der Waals surface area contributed by atoms with Crippen molar-refractivity contribution in [1.82, 2.24) is 5.32 Å². The summed E-state index contributed by atoms with van der Waals surface area (Å²) in [6, 6.07) is 11.9. The van der Waals surface area contributed by atoms with E-state index in [-0.39, 0.29) is 11.6 Å². The molecule has 0 spiro atoms. The molecule has 2 aromatic rings. The van der Waals surface area contributed by atoms with Gasteiger partial charge < -0.3 is 14.8 Å². The van der Waals surface area contributed by atoms with Crippen molar-refractivity contribution in [2.75, 3.05) is 13.7 Å². The van der Waals surface area contributed by atoms with Crippen LogP contribution < -0.4 is 10.1 Å². The fourth-order valence-corrected chi connectivity index (χ4v) is 2.06. The van der Waals surface area contributed by atoms with Gasteiger partial charge in [0.1, 0.15) is 11.6 Å². The molecule has 5 nitrogen and oxygen atoms in total. The normalized spacial score (nSPS) is 11.5. The third kappa shape index (κ3) is 4.81. The number of nitrogens with one attached hydrogen (secondary N) is 1. The second kappa shape index (κ2) is 8.10. The lowest BCUT2D eigenvalue weighted by atomic mass is 10.1. The smallest absolute Gasteiger partial charge is 0.338 e. The van der Waals surface area contributed by atoms with Gasteiger partial charge in [0.25, 0.3) is 5.91 Å². The van der Waals surface area contributed by atoms with Crippen LogP contribution in [0.25, 0.3) is 0 Å². The molecule has 6 heteroatoms. The van der Waals surface area contributed by atoms with Gasteiger partial charge in [0.05, 0.1) is 18.7 Å². The van der Waals surface area contributed by atoms with Crippen LogP contribution in [0.15, 0.2) is 48.5 Å². The van der Waals surface area contributed by atoms with Crippen LogP contribution in [-0.4, -0.2) is 25.6 Å². The van der Waals surface area contributed by atoms with Gasteiger partial charge in [-0.3, -0.25) is 4.79 Å². The van der Waals surface area contributed by atoms with E-state index in [4.69, 9.17) is 9.47 Å². The highest BCUT2D eigenvalue weighted by atomic mass is 19.1. The van der Waals surface area contributed by atoms with Crippen molar-refractivity contribution in [2.24, 2.45) is 0 Å². The van der Waals surface area contributed by atoms with E-state index in [0.717, 1.165) is 23.4 Å². The highest BCUT2D eigenvalue weighted by Crippen LogP contribution is 2.17. The van der Waals surface area contributed by atoms with Crippen LogP contribution >= 0.6 is 0 Å². The van der Waals surface area contributed by atoms with Crippen LogP contribution in [0.3, 0.4) is 0 Å². The molecular formula is C18H18FNO4. The SMILES string of the molecule is COc1ccc(C(C)NC(=O)COC(=O)c2ccc(F)cc2)cc1. The molecule has 24 heavy (non-hydrogen) atoms. The van der Waals surface area contributed by atoms with E-state index in [9.17, 15) is 14.0 Å². The number of amides is 1. The number of hydrogen-bond donors (Lipinski definition) is 1. The zero-order valence-electron chi connectivity index (χ0n) is 13.4. The summed E-state index contributed by atoms with van der Waals surface area (Å²) < 4.78 is 22.8. The summed E-state index contributed by atoms with van der Waals surface area (Å²) in [5.41, 5.74) is 1.08. The molecule has 0 bridgehead atoms. The third-order valence-electron chi connectivity index (χ3n) is 3.41. The van der Waals surface area contributed by atoms with Crippen molar-refractivity contribution in [3.8, 4) is 5.75 Å². The Bertz CT molecular complexity index is 698. The quantitative estimate of drug-likeness (QED) is 0.827. The van der Waals surface area contributed by atoms with Crippen molar-refractivity contribution in [1.29, 1.82) is 0 Å². The standard InChI is InChI=1S/C18H18FNO4/c1-12(13-5-9-16(23-2)10-6-13)20-17(21)11-24-18(22)14-3-7-15(19)8-4-14/h3-10,12H,11H2,1-2H3,(H,20,21). The predicted octanol–water partition coefficient (Wildman–Crippen LogP) is 2.87. The number of rotatable bonds is 6. The van der Waals surface area contributed by atoms with Crippen LogP contribution in [0.5, 0.6) is 5.75 Å². The largest absolute Gasteiger partial charge is 0.497 e. The summed E-state index contributed by atoms with van der Waals surface area (Å²) in [5, 5.41) is 2.73. The summed E-state index contributed by atoms with van der Waals surface area (Å²) in [7, 11) is 1.58. The van der Waals surface area contributed by atoms with E-state index in [1.54, 1.807) is 19.2 Å². The van der Waals surface area contributed by atoms with Crippen molar-refractivity contribution < 1.29 is 23.5 Å². The molecule has 2 aromatic carbocycles. The summed E-state index contributed by atoms with van der Waals surface area (Å²) in [6.07, 6.45) is 0. The zero-order valence-corrected chi connectivity index (χ0v) is 13.4. The summed E-state index contributed by atoms with van der Waals surface area (Å²) >= 11 is 0. The van der Waals surface area contributed by atoms with Crippen LogP contribution in [0.1, 0.15) is 28.9 Å². The Balaban J connectivity index is 1.83. The lowest BCUT2D eigenvalue weighted by Gasteiger charge is -2.15. The van der Waals surface area contributed by atoms with Crippen LogP contribution in [-0.2, 0) is 9.53 Å². The molecule has 0 aliphatic rings. The second-order valence-electron chi connectivity index (χ2n) is 5.15. The topological polar surface area (TPSA) is 64.6 Å². The molecular weight excluding hydrogens is 313 g/mol. The highest BCUT2D eigenvalue weighted by Gasteiger charge is 2.13. The van der Waals surface area contributed by atoms with E-state index in [2.05, 4.69) is 5.32 Å². The van der Waals surface area contributed by atoms with Crippen molar-refractivity contribution in [3.63, 3.8) is 0 Å². The van der Waals surface area contributed by atoms with Crippen molar-refractivity contribution >= 4 is 11.9 Å². The van der Waals surface area contributed by atoms with Crippen LogP contribution in [0, 0.1) is 5.82 Å². The number of halogens is 1. The van der Waals surface area contributed by atoms with Gasteiger partial charge >= 0.3 is 5.97 Å². The molecule has 0 saturated carbocycles. The first-order valence-corrected chi connectivity index (χ1v) is 7.35. The molecule has 0 saturated heterocycles. The van der Waals surface area contributed by atoms with E-state index in [1.807, 2.05) is 19.1 Å². The molecule has 0 aliphatic carbocycles. The maximum atomic E-state index is 12.8. The van der Waals surface area contributed by atoms with Crippen LogP contribution in [0.4, 0.5) is 4.39 Å². The predicted molar refractivity (Wildman–Crippen MR) is 86.2 cm³/mol. The van der Waals surface area contributed by atoms with E-state index in [1.165, 1.54) is 12.1 Å². The number of carbonyl (C=O) groups excluding carboxylic acids is 2. The number of hydrogen-bond acceptors (Lipinski definition) is 4. The third-order valence-corrected chi connectivity index (χ3v) is 3.41. The average Bonchev–Trinajstić information content (AvgIpc) is 2.60. The molecule has 1 amide bonds. The lowest BCUT2D eigenvalue weighted by molar-refractivity contribution is -0.124. The minimum Gasteiger partial charge on any atom is -0.497 e. The number of esters is 1. The molecule has 2 rings (SSSR count). The minimum absolute atomic E-state index is 0.187. The Labute approximate surface area is 139 Å². The highest BCUT2D eigenvalue weighted by molar-refractivity contribution is 5.91. The van der Waals surface area contributed by atoms with Crippen molar-refractivity contribution in [3.05, 3.63) is 65.5 Å². The van der Waals surface area contributed by atoms with Gasteiger partial charge in [0.15, 0.2) is 6.61 Å². The summed E-state index contributed by atoms with van der Waals surface area (Å²) in [6.45, 7) is 1.41. The van der Waals surface area contributed by atoms with Gasteiger partial charge in [-0.15, -0.1) is 0 Å². The molecule has 1 atom stereocenters.